The van der Waals surface area contributed by atoms with Crippen LogP contribution in [0.15, 0.2) is 54.6 Å². The summed E-state index contributed by atoms with van der Waals surface area (Å²) in [6.45, 7) is 5.00. The Morgan fingerprint density at radius 3 is 2.48 bits per heavy atom. The first-order valence-electron chi connectivity index (χ1n) is 8.98. The number of aromatic nitrogens is 1. The molecule has 1 amide bonds. The predicted octanol–water partition coefficient (Wildman–Crippen LogP) is 4.21. The van der Waals surface area contributed by atoms with E-state index in [2.05, 4.69) is 10.2 Å². The van der Waals surface area contributed by atoms with Gasteiger partial charge >= 0.3 is 0 Å². The van der Waals surface area contributed by atoms with Crippen LogP contribution in [-0.2, 0) is 4.74 Å². The van der Waals surface area contributed by atoms with E-state index in [1.807, 2.05) is 61.5 Å². The Bertz CT molecular complexity index is 916. The molecule has 27 heavy (non-hydrogen) atoms. The number of aryl methyl sites for hydroxylation is 1. The number of benzene rings is 2. The van der Waals surface area contributed by atoms with Gasteiger partial charge in [0.25, 0.3) is 5.91 Å². The monoisotopic (exact) mass is 379 g/mol. The van der Waals surface area contributed by atoms with Crippen LogP contribution in [0.1, 0.15) is 15.2 Å². The molecule has 1 aliphatic heterocycles. The van der Waals surface area contributed by atoms with E-state index in [0.717, 1.165) is 35.2 Å². The minimum absolute atomic E-state index is 0.131. The zero-order valence-corrected chi connectivity index (χ0v) is 16.0. The Balaban J connectivity index is 1.70. The lowest BCUT2D eigenvalue weighted by molar-refractivity contribution is 0.103. The SMILES string of the molecule is Cc1ccc(-c2nc(N3CCOCC3)sc2C(=O)Nc2ccccc2)cc1. The Morgan fingerprint density at radius 1 is 1.07 bits per heavy atom. The van der Waals surface area contributed by atoms with Crippen LogP contribution in [-0.4, -0.2) is 37.2 Å². The van der Waals surface area contributed by atoms with Crippen molar-refractivity contribution < 1.29 is 9.53 Å². The van der Waals surface area contributed by atoms with Crippen molar-refractivity contribution in [2.24, 2.45) is 0 Å². The lowest BCUT2D eigenvalue weighted by atomic mass is 10.1. The third kappa shape index (κ3) is 4.02. The highest BCUT2D eigenvalue weighted by Crippen LogP contribution is 2.34. The van der Waals surface area contributed by atoms with E-state index >= 15 is 0 Å². The molecule has 0 atom stereocenters. The van der Waals surface area contributed by atoms with Crippen LogP contribution in [0.5, 0.6) is 0 Å². The van der Waals surface area contributed by atoms with Crippen LogP contribution in [0, 0.1) is 6.92 Å². The zero-order valence-electron chi connectivity index (χ0n) is 15.1. The number of hydrogen-bond acceptors (Lipinski definition) is 5. The number of nitrogens with zero attached hydrogens (tertiary/aromatic N) is 2. The minimum Gasteiger partial charge on any atom is -0.378 e. The van der Waals surface area contributed by atoms with Crippen molar-refractivity contribution in [3.63, 3.8) is 0 Å². The average Bonchev–Trinajstić information content (AvgIpc) is 3.16. The lowest BCUT2D eigenvalue weighted by Gasteiger charge is -2.26. The first-order chi connectivity index (χ1) is 13.2. The van der Waals surface area contributed by atoms with Crippen LogP contribution in [0.3, 0.4) is 0 Å². The van der Waals surface area contributed by atoms with Crippen molar-refractivity contribution in [1.29, 1.82) is 0 Å². The van der Waals surface area contributed by atoms with Crippen LogP contribution < -0.4 is 10.2 Å². The summed E-state index contributed by atoms with van der Waals surface area (Å²) in [5, 5.41) is 3.85. The minimum atomic E-state index is -0.131. The number of amides is 1. The molecule has 1 saturated heterocycles. The number of carbonyl (C=O) groups excluding carboxylic acids is 1. The number of ether oxygens (including phenoxy) is 1. The van der Waals surface area contributed by atoms with Gasteiger partial charge in [-0.1, -0.05) is 59.4 Å². The molecule has 1 aromatic heterocycles. The van der Waals surface area contributed by atoms with E-state index in [-0.39, 0.29) is 5.91 Å². The fourth-order valence-electron chi connectivity index (χ4n) is 2.97. The number of para-hydroxylation sites is 1. The van der Waals surface area contributed by atoms with Crippen LogP contribution in [0.4, 0.5) is 10.8 Å². The molecule has 2 aromatic carbocycles. The number of rotatable bonds is 4. The van der Waals surface area contributed by atoms with Crippen molar-refractivity contribution in [3.8, 4) is 11.3 Å². The summed E-state index contributed by atoms with van der Waals surface area (Å²) in [6, 6.07) is 17.6. The van der Waals surface area contributed by atoms with E-state index in [4.69, 9.17) is 9.72 Å². The van der Waals surface area contributed by atoms with Crippen LogP contribution in [0.2, 0.25) is 0 Å². The molecule has 1 aliphatic rings. The number of thiazole rings is 1. The second kappa shape index (κ2) is 7.90. The van der Waals surface area contributed by atoms with Gasteiger partial charge in [0.2, 0.25) is 0 Å². The maximum absolute atomic E-state index is 13.0. The molecule has 0 saturated carbocycles. The zero-order chi connectivity index (χ0) is 18.6. The van der Waals surface area contributed by atoms with Crippen molar-refractivity contribution in [2.45, 2.75) is 6.92 Å². The fourth-order valence-corrected chi connectivity index (χ4v) is 4.00. The predicted molar refractivity (Wildman–Crippen MR) is 110 cm³/mol. The molecule has 1 fully saturated rings. The normalized spacial score (nSPS) is 14.2. The summed E-state index contributed by atoms with van der Waals surface area (Å²) in [6.07, 6.45) is 0. The molecule has 0 spiro atoms. The Morgan fingerprint density at radius 2 is 1.78 bits per heavy atom. The molecule has 3 aromatic rings. The van der Waals surface area contributed by atoms with E-state index < -0.39 is 0 Å². The van der Waals surface area contributed by atoms with Crippen molar-refractivity contribution in [1.82, 2.24) is 4.98 Å². The van der Waals surface area contributed by atoms with Gasteiger partial charge in [0.1, 0.15) is 4.88 Å². The van der Waals surface area contributed by atoms with Crippen molar-refractivity contribution in [2.75, 3.05) is 36.5 Å². The molecule has 138 valence electrons. The average molecular weight is 379 g/mol. The quantitative estimate of drug-likeness (QED) is 0.738. The van der Waals surface area contributed by atoms with Gasteiger partial charge in [-0.3, -0.25) is 4.79 Å². The van der Waals surface area contributed by atoms with Crippen LogP contribution in [0.25, 0.3) is 11.3 Å². The van der Waals surface area contributed by atoms with Crippen molar-refractivity contribution >= 4 is 28.1 Å². The molecule has 4 rings (SSSR count). The highest BCUT2D eigenvalue weighted by atomic mass is 32.1. The topological polar surface area (TPSA) is 54.5 Å². The molecule has 5 nitrogen and oxygen atoms in total. The number of nitrogens with one attached hydrogen (secondary N) is 1. The highest BCUT2D eigenvalue weighted by Gasteiger charge is 2.23. The van der Waals surface area contributed by atoms with Gasteiger partial charge in [-0.15, -0.1) is 0 Å². The van der Waals surface area contributed by atoms with E-state index in [1.54, 1.807) is 0 Å². The summed E-state index contributed by atoms with van der Waals surface area (Å²) in [5.74, 6) is -0.131. The summed E-state index contributed by atoms with van der Waals surface area (Å²) >= 11 is 1.44. The largest absolute Gasteiger partial charge is 0.378 e. The van der Waals surface area contributed by atoms with E-state index in [1.165, 1.54) is 16.9 Å². The molecule has 6 heteroatoms. The van der Waals surface area contributed by atoms with Crippen LogP contribution >= 0.6 is 11.3 Å². The third-order valence-electron chi connectivity index (χ3n) is 4.46. The molecular formula is C21H21N3O2S. The summed E-state index contributed by atoms with van der Waals surface area (Å²) in [4.78, 5) is 20.6. The Kier molecular flexibility index (Phi) is 5.18. The smallest absolute Gasteiger partial charge is 0.268 e. The van der Waals surface area contributed by atoms with Gasteiger partial charge in [0.15, 0.2) is 5.13 Å². The molecule has 0 radical (unpaired) electrons. The highest BCUT2D eigenvalue weighted by molar-refractivity contribution is 7.18. The molecule has 2 heterocycles. The first kappa shape index (κ1) is 17.7. The third-order valence-corrected chi connectivity index (χ3v) is 5.58. The molecule has 0 unspecified atom stereocenters. The van der Waals surface area contributed by atoms with Gasteiger partial charge in [0.05, 0.1) is 18.9 Å². The second-order valence-electron chi connectivity index (χ2n) is 6.46. The standard InChI is InChI=1S/C21H21N3O2S/c1-15-7-9-16(10-8-15)18-19(20(25)22-17-5-3-2-4-6-17)27-21(23-18)24-11-13-26-14-12-24/h2-10H,11-14H2,1H3,(H,22,25). The fraction of sp³-hybridized carbons (Fsp3) is 0.238. The molecule has 1 N–H and O–H groups in total. The lowest BCUT2D eigenvalue weighted by Crippen LogP contribution is -2.36. The van der Waals surface area contributed by atoms with Gasteiger partial charge in [0, 0.05) is 24.3 Å². The van der Waals surface area contributed by atoms with E-state index in [0.29, 0.717) is 18.1 Å². The maximum Gasteiger partial charge on any atom is 0.268 e. The maximum atomic E-state index is 13.0. The number of carbonyl (C=O) groups is 1. The summed E-state index contributed by atoms with van der Waals surface area (Å²) in [5.41, 5.74) is 3.64. The second-order valence-corrected chi connectivity index (χ2v) is 7.44. The Hall–Kier alpha value is -2.70. The summed E-state index contributed by atoms with van der Waals surface area (Å²) < 4.78 is 5.44. The first-order valence-corrected chi connectivity index (χ1v) is 9.79. The number of morpholine rings is 1. The van der Waals surface area contributed by atoms with Crippen molar-refractivity contribution in [3.05, 3.63) is 65.0 Å². The van der Waals surface area contributed by atoms with E-state index in [9.17, 15) is 4.79 Å². The molecule has 0 aliphatic carbocycles. The molecule has 0 bridgehead atoms. The summed E-state index contributed by atoms with van der Waals surface area (Å²) in [7, 11) is 0. The van der Waals surface area contributed by atoms with Gasteiger partial charge in [-0.2, -0.15) is 0 Å². The number of hydrogen-bond donors (Lipinski definition) is 1. The number of anilines is 2. The van der Waals surface area contributed by atoms with Gasteiger partial charge < -0.3 is 15.0 Å². The van der Waals surface area contributed by atoms with Gasteiger partial charge in [-0.05, 0) is 19.1 Å². The Labute approximate surface area is 162 Å². The molecular weight excluding hydrogens is 358 g/mol. The van der Waals surface area contributed by atoms with Gasteiger partial charge in [-0.25, -0.2) is 4.98 Å².